The second-order valence-electron chi connectivity index (χ2n) is 7.23. The minimum Gasteiger partial charge on any atom is -0.495 e. The van der Waals surface area contributed by atoms with Gasteiger partial charge in [-0.05, 0) is 62.9 Å². The van der Waals surface area contributed by atoms with Gasteiger partial charge in [-0.25, -0.2) is 4.98 Å². The summed E-state index contributed by atoms with van der Waals surface area (Å²) in [6.07, 6.45) is 5.67. The fraction of sp³-hybridized carbons (Fsp3) is 0.364. The lowest BCUT2D eigenvalue weighted by molar-refractivity contribution is 0.138. The molecule has 3 aromatic rings. The van der Waals surface area contributed by atoms with Crippen LogP contribution in [0.3, 0.4) is 0 Å². The van der Waals surface area contributed by atoms with Crippen molar-refractivity contribution in [3.63, 3.8) is 0 Å². The van der Waals surface area contributed by atoms with Crippen LogP contribution in [0.2, 0.25) is 0 Å². The van der Waals surface area contributed by atoms with Crippen LogP contribution in [0.4, 0.5) is 0 Å². The van der Waals surface area contributed by atoms with E-state index in [1.807, 2.05) is 43.3 Å². The molecule has 0 radical (unpaired) electrons. The molecule has 7 nitrogen and oxygen atoms in total. The fourth-order valence-electron chi connectivity index (χ4n) is 3.81. The number of nitriles is 1. The molecule has 1 aliphatic carbocycles. The number of rotatable bonds is 5. The Kier molecular flexibility index (Phi) is 5.43. The molecule has 29 heavy (non-hydrogen) atoms. The Morgan fingerprint density at radius 3 is 2.41 bits per heavy atom. The van der Waals surface area contributed by atoms with Crippen LogP contribution in [-0.4, -0.2) is 33.0 Å². The third kappa shape index (κ3) is 4.06. The lowest BCUT2D eigenvalue weighted by atomic mass is 9.86. The Morgan fingerprint density at radius 2 is 1.79 bits per heavy atom. The number of hydrogen-bond acceptors (Lipinski definition) is 6. The van der Waals surface area contributed by atoms with Crippen molar-refractivity contribution in [3.8, 4) is 23.4 Å². The molecule has 0 saturated heterocycles. The first-order chi connectivity index (χ1) is 14.2. The van der Waals surface area contributed by atoms with Gasteiger partial charge in [0.1, 0.15) is 23.5 Å². The molecule has 1 aromatic carbocycles. The largest absolute Gasteiger partial charge is 0.495 e. The maximum absolute atomic E-state index is 9.02. The van der Waals surface area contributed by atoms with E-state index in [-0.39, 0.29) is 6.10 Å². The van der Waals surface area contributed by atoms with Gasteiger partial charge >= 0.3 is 0 Å². The van der Waals surface area contributed by atoms with Crippen LogP contribution in [0.15, 0.2) is 42.6 Å². The Labute approximate surface area is 169 Å². The van der Waals surface area contributed by atoms with Crippen LogP contribution in [0, 0.1) is 18.3 Å². The number of pyridine rings is 1. The first kappa shape index (κ1) is 18.9. The van der Waals surface area contributed by atoms with Crippen molar-refractivity contribution in [1.29, 1.82) is 5.26 Å². The normalized spacial score (nSPS) is 18.8. The number of methoxy groups -OCH3 is 1. The zero-order valence-corrected chi connectivity index (χ0v) is 16.6. The molecule has 0 amide bonds. The van der Waals surface area contributed by atoms with E-state index in [1.54, 1.807) is 13.3 Å². The van der Waals surface area contributed by atoms with E-state index < -0.39 is 0 Å². The van der Waals surface area contributed by atoms with Gasteiger partial charge in [0.2, 0.25) is 5.88 Å². The van der Waals surface area contributed by atoms with E-state index >= 15 is 0 Å². The highest BCUT2D eigenvalue weighted by Gasteiger charge is 2.28. The van der Waals surface area contributed by atoms with Crippen LogP contribution in [-0.2, 0) is 0 Å². The number of aromatic nitrogens is 4. The van der Waals surface area contributed by atoms with Gasteiger partial charge in [-0.2, -0.15) is 5.26 Å². The molecule has 0 aliphatic heterocycles. The molecule has 4 rings (SSSR count). The molecule has 0 atom stereocenters. The molecule has 0 spiro atoms. The van der Waals surface area contributed by atoms with Crippen molar-refractivity contribution < 1.29 is 9.47 Å². The minimum absolute atomic E-state index is 0.152. The zero-order valence-electron chi connectivity index (χ0n) is 16.6. The molecule has 148 valence electrons. The molecule has 1 fully saturated rings. The van der Waals surface area contributed by atoms with Gasteiger partial charge in [-0.15, -0.1) is 10.2 Å². The number of hydrogen-bond donors (Lipinski definition) is 0. The molecule has 2 heterocycles. The third-order valence-electron chi connectivity index (χ3n) is 5.38. The molecule has 0 bridgehead atoms. The number of nitrogens with zero attached hydrogens (tertiary/aromatic N) is 5. The Balaban J connectivity index is 1.44. The molecule has 1 aliphatic rings. The van der Waals surface area contributed by atoms with E-state index in [0.717, 1.165) is 48.8 Å². The Morgan fingerprint density at radius 1 is 1.03 bits per heavy atom. The topological polar surface area (TPSA) is 85.9 Å². The summed E-state index contributed by atoms with van der Waals surface area (Å²) in [7, 11) is 1.62. The summed E-state index contributed by atoms with van der Waals surface area (Å²) in [6, 6.07) is 13.4. The van der Waals surface area contributed by atoms with Gasteiger partial charge in [-0.3, -0.25) is 4.57 Å². The Hall–Kier alpha value is -3.40. The molecule has 1 saturated carbocycles. The standard InChI is InChI=1S/C22H23N5O2/c1-15-25-26-22(27(15)18-7-3-16(13-23)4-8-18)17-5-9-19(10-6-17)29-21-12-11-20(28-2)14-24-21/h3-4,7-8,11-12,14,17,19H,5-6,9-10H2,1-2H3. The molecular weight excluding hydrogens is 366 g/mol. The van der Waals surface area contributed by atoms with Crippen molar-refractivity contribution in [1.82, 2.24) is 19.7 Å². The molecule has 0 N–H and O–H groups in total. The second kappa shape index (κ2) is 8.31. The van der Waals surface area contributed by atoms with Gasteiger partial charge in [0, 0.05) is 17.7 Å². The quantitative estimate of drug-likeness (QED) is 0.657. The number of benzene rings is 1. The summed E-state index contributed by atoms with van der Waals surface area (Å²) in [6.45, 7) is 1.96. The maximum Gasteiger partial charge on any atom is 0.213 e. The van der Waals surface area contributed by atoms with Crippen molar-refractivity contribution >= 4 is 0 Å². The summed E-state index contributed by atoms with van der Waals surface area (Å²) < 4.78 is 13.3. The minimum atomic E-state index is 0.152. The predicted molar refractivity (Wildman–Crippen MR) is 107 cm³/mol. The second-order valence-corrected chi connectivity index (χ2v) is 7.23. The highest BCUT2D eigenvalue weighted by atomic mass is 16.5. The highest BCUT2D eigenvalue weighted by Crippen LogP contribution is 2.35. The molecule has 0 unspecified atom stereocenters. The monoisotopic (exact) mass is 389 g/mol. The van der Waals surface area contributed by atoms with Gasteiger partial charge in [0.25, 0.3) is 0 Å². The van der Waals surface area contributed by atoms with Gasteiger partial charge in [0.05, 0.1) is 24.9 Å². The first-order valence-corrected chi connectivity index (χ1v) is 9.77. The maximum atomic E-state index is 9.02. The summed E-state index contributed by atoms with van der Waals surface area (Å²) in [4.78, 5) is 4.30. The summed E-state index contributed by atoms with van der Waals surface area (Å²) >= 11 is 0. The molecule has 2 aromatic heterocycles. The number of aryl methyl sites for hydroxylation is 1. The summed E-state index contributed by atoms with van der Waals surface area (Å²) in [5, 5.41) is 17.8. The van der Waals surface area contributed by atoms with Gasteiger partial charge < -0.3 is 9.47 Å². The van der Waals surface area contributed by atoms with Crippen molar-refractivity contribution in [2.24, 2.45) is 0 Å². The van der Waals surface area contributed by atoms with E-state index in [0.29, 0.717) is 17.4 Å². The average molecular weight is 389 g/mol. The summed E-state index contributed by atoms with van der Waals surface area (Å²) in [5.74, 6) is 3.51. The lowest BCUT2D eigenvalue weighted by Gasteiger charge is -2.28. The van der Waals surface area contributed by atoms with Gasteiger partial charge in [-0.1, -0.05) is 0 Å². The van der Waals surface area contributed by atoms with Crippen molar-refractivity contribution in [3.05, 3.63) is 59.8 Å². The summed E-state index contributed by atoms with van der Waals surface area (Å²) in [5.41, 5.74) is 1.63. The van der Waals surface area contributed by atoms with Crippen LogP contribution >= 0.6 is 0 Å². The van der Waals surface area contributed by atoms with Crippen LogP contribution in [0.5, 0.6) is 11.6 Å². The van der Waals surface area contributed by atoms with Crippen molar-refractivity contribution in [2.75, 3.05) is 7.11 Å². The highest BCUT2D eigenvalue weighted by molar-refractivity contribution is 5.41. The first-order valence-electron chi connectivity index (χ1n) is 9.77. The smallest absolute Gasteiger partial charge is 0.213 e. The average Bonchev–Trinajstić information content (AvgIpc) is 3.16. The zero-order chi connectivity index (χ0) is 20.2. The fourth-order valence-corrected chi connectivity index (χ4v) is 3.81. The van der Waals surface area contributed by atoms with Gasteiger partial charge in [0.15, 0.2) is 0 Å². The van der Waals surface area contributed by atoms with Crippen LogP contribution < -0.4 is 9.47 Å². The lowest BCUT2D eigenvalue weighted by Crippen LogP contribution is -2.25. The van der Waals surface area contributed by atoms with E-state index in [9.17, 15) is 0 Å². The van der Waals surface area contributed by atoms with Crippen LogP contribution in [0.1, 0.15) is 48.8 Å². The van der Waals surface area contributed by atoms with E-state index in [2.05, 4.69) is 25.8 Å². The SMILES string of the molecule is COc1ccc(OC2CCC(c3nnc(C)n3-c3ccc(C#N)cc3)CC2)nc1. The Bertz CT molecular complexity index is 997. The van der Waals surface area contributed by atoms with E-state index in [4.69, 9.17) is 14.7 Å². The third-order valence-corrected chi connectivity index (χ3v) is 5.38. The van der Waals surface area contributed by atoms with Crippen molar-refractivity contribution in [2.45, 2.75) is 44.6 Å². The number of ether oxygens (including phenoxy) is 2. The van der Waals surface area contributed by atoms with Crippen LogP contribution in [0.25, 0.3) is 5.69 Å². The molecular formula is C22H23N5O2. The predicted octanol–water partition coefficient (Wildman–Crippen LogP) is 3.96. The van der Waals surface area contributed by atoms with E-state index in [1.165, 1.54) is 0 Å². The molecule has 7 heteroatoms.